The molecule has 0 unspecified atom stereocenters. The van der Waals surface area contributed by atoms with Crippen LogP contribution in [0.4, 0.5) is 0 Å². The molecule has 2 rings (SSSR count). The van der Waals surface area contributed by atoms with Gasteiger partial charge in [0.1, 0.15) is 0 Å². The van der Waals surface area contributed by atoms with Crippen molar-refractivity contribution in [2.24, 2.45) is 0 Å². The molecule has 0 saturated heterocycles. The van der Waals surface area contributed by atoms with Crippen LogP contribution in [0.5, 0.6) is 23.0 Å². The monoisotopic (exact) mass is 382 g/mol. The third kappa shape index (κ3) is 3.74. The molecule has 0 atom stereocenters. The molecule has 0 aliphatic carbocycles. The average Bonchev–Trinajstić information content (AvgIpc) is 2.57. The van der Waals surface area contributed by atoms with Gasteiger partial charge in [-0.05, 0) is 0 Å². The Morgan fingerprint density at radius 3 is 1.17 bits per heavy atom. The van der Waals surface area contributed by atoms with Gasteiger partial charge in [-0.2, -0.15) is 0 Å². The van der Waals surface area contributed by atoms with Gasteiger partial charge in [-0.25, -0.2) is 0 Å². The number of benzene rings is 2. The van der Waals surface area contributed by atoms with Crippen LogP contribution in [0.25, 0.3) is 0 Å². The van der Waals surface area contributed by atoms with Gasteiger partial charge in [-0.15, -0.1) is 0 Å². The van der Waals surface area contributed by atoms with Gasteiger partial charge in [-0.3, -0.25) is 0 Å². The number of rotatable bonds is 6. The van der Waals surface area contributed by atoms with E-state index in [9.17, 15) is 0 Å². The van der Waals surface area contributed by atoms with Gasteiger partial charge in [0.2, 0.25) is 0 Å². The van der Waals surface area contributed by atoms with Crippen LogP contribution < -0.4 is 27.9 Å². The fourth-order valence-corrected chi connectivity index (χ4v) is 4.38. The second-order valence-electron chi connectivity index (χ2n) is 5.05. The zero-order valence-corrected chi connectivity index (χ0v) is 16.1. The SMILES string of the molecule is COc1cc(C)c([Se]c2cc(OC)c(OC)cc2C)cc1OC. The zero-order valence-electron chi connectivity index (χ0n) is 14.4. The van der Waals surface area contributed by atoms with Crippen molar-refractivity contribution in [3.63, 3.8) is 0 Å². The maximum atomic E-state index is 5.42. The summed E-state index contributed by atoms with van der Waals surface area (Å²) in [5, 5.41) is 0. The van der Waals surface area contributed by atoms with E-state index in [2.05, 4.69) is 26.0 Å². The van der Waals surface area contributed by atoms with Gasteiger partial charge in [0.25, 0.3) is 0 Å². The minimum atomic E-state index is 0.132. The van der Waals surface area contributed by atoms with Crippen LogP contribution >= 0.6 is 0 Å². The normalized spacial score (nSPS) is 10.3. The first kappa shape index (κ1) is 17.5. The molecular formula is C18H22O4Se. The van der Waals surface area contributed by atoms with E-state index in [4.69, 9.17) is 18.9 Å². The van der Waals surface area contributed by atoms with Crippen molar-refractivity contribution < 1.29 is 18.9 Å². The molecule has 2 aromatic rings. The number of hydrogen-bond donors (Lipinski definition) is 0. The molecule has 5 heteroatoms. The van der Waals surface area contributed by atoms with Crippen molar-refractivity contribution in [1.29, 1.82) is 0 Å². The standard InChI is InChI=1S/C18H22O4Se/c1-11-7-13(19-3)15(21-5)9-17(11)23-18-10-16(22-6)14(20-4)8-12(18)2/h7-10H,1-6H3. The Bertz CT molecular complexity index is 638. The first-order chi connectivity index (χ1) is 11.0. The quantitative estimate of drug-likeness (QED) is 0.718. The second kappa shape index (κ2) is 7.62. The molecule has 124 valence electrons. The molecule has 23 heavy (non-hydrogen) atoms. The molecule has 0 amide bonds. The van der Waals surface area contributed by atoms with Crippen molar-refractivity contribution in [2.45, 2.75) is 13.8 Å². The Kier molecular flexibility index (Phi) is 5.80. The molecule has 0 saturated carbocycles. The maximum absolute atomic E-state index is 5.42. The molecule has 0 aliphatic rings. The molecular weight excluding hydrogens is 359 g/mol. The summed E-state index contributed by atoms with van der Waals surface area (Å²) >= 11 is 0.132. The Morgan fingerprint density at radius 2 is 0.870 bits per heavy atom. The van der Waals surface area contributed by atoms with E-state index in [1.807, 2.05) is 12.1 Å². The molecule has 0 fully saturated rings. The fraction of sp³-hybridized carbons (Fsp3) is 0.333. The minimum absolute atomic E-state index is 0.132. The van der Waals surface area contributed by atoms with Crippen LogP contribution in [0.2, 0.25) is 0 Å². The first-order valence-corrected chi connectivity index (χ1v) is 8.88. The summed E-state index contributed by atoms with van der Waals surface area (Å²) in [6.45, 7) is 4.18. The van der Waals surface area contributed by atoms with Crippen molar-refractivity contribution >= 4 is 23.9 Å². The zero-order chi connectivity index (χ0) is 17.0. The second-order valence-corrected chi connectivity index (χ2v) is 7.32. The Balaban J connectivity index is 2.43. The van der Waals surface area contributed by atoms with E-state index in [0.717, 1.165) is 23.0 Å². The summed E-state index contributed by atoms with van der Waals surface area (Å²) < 4.78 is 24.1. The average molecular weight is 381 g/mol. The van der Waals surface area contributed by atoms with Gasteiger partial charge in [0, 0.05) is 0 Å². The predicted octanol–water partition coefficient (Wildman–Crippen LogP) is 1.99. The van der Waals surface area contributed by atoms with Crippen molar-refractivity contribution in [3.05, 3.63) is 35.4 Å². The van der Waals surface area contributed by atoms with Gasteiger partial charge in [0.05, 0.1) is 0 Å². The molecule has 0 bridgehead atoms. The van der Waals surface area contributed by atoms with Crippen LogP contribution in [0.3, 0.4) is 0 Å². The van der Waals surface area contributed by atoms with Crippen molar-refractivity contribution in [3.8, 4) is 23.0 Å². The van der Waals surface area contributed by atoms with E-state index in [1.54, 1.807) is 28.4 Å². The molecule has 0 aliphatic heterocycles. The van der Waals surface area contributed by atoms with Crippen LogP contribution in [0, 0.1) is 13.8 Å². The van der Waals surface area contributed by atoms with Gasteiger partial charge in [-0.1, -0.05) is 0 Å². The summed E-state index contributed by atoms with van der Waals surface area (Å²) in [5.74, 6) is 3.03. The molecule has 0 aromatic heterocycles. The van der Waals surface area contributed by atoms with Gasteiger partial charge in [0.15, 0.2) is 0 Å². The third-order valence-electron chi connectivity index (χ3n) is 3.58. The summed E-state index contributed by atoms with van der Waals surface area (Å²) in [6, 6.07) is 8.16. The molecule has 4 nitrogen and oxygen atoms in total. The Hall–Kier alpha value is -1.84. The molecule has 2 aromatic carbocycles. The topological polar surface area (TPSA) is 36.9 Å². The van der Waals surface area contributed by atoms with Gasteiger partial charge < -0.3 is 0 Å². The van der Waals surface area contributed by atoms with Crippen LogP contribution in [0.1, 0.15) is 11.1 Å². The summed E-state index contributed by atoms with van der Waals surface area (Å²) in [4.78, 5) is 0. The molecule has 0 heterocycles. The predicted molar refractivity (Wildman–Crippen MR) is 93.6 cm³/mol. The van der Waals surface area contributed by atoms with Crippen molar-refractivity contribution in [2.75, 3.05) is 28.4 Å². The number of hydrogen-bond acceptors (Lipinski definition) is 4. The van der Waals surface area contributed by atoms with E-state index in [0.29, 0.717) is 0 Å². The fourth-order valence-electron chi connectivity index (χ4n) is 2.26. The van der Waals surface area contributed by atoms with E-state index in [1.165, 1.54) is 20.1 Å². The number of ether oxygens (including phenoxy) is 4. The van der Waals surface area contributed by atoms with Crippen LogP contribution in [0.15, 0.2) is 24.3 Å². The molecule has 0 spiro atoms. The summed E-state index contributed by atoms with van der Waals surface area (Å²) in [6.07, 6.45) is 0. The number of methoxy groups -OCH3 is 4. The van der Waals surface area contributed by atoms with Crippen molar-refractivity contribution in [1.82, 2.24) is 0 Å². The summed E-state index contributed by atoms with van der Waals surface area (Å²) in [5.41, 5.74) is 2.38. The van der Waals surface area contributed by atoms with Crippen LogP contribution in [-0.4, -0.2) is 43.4 Å². The third-order valence-corrected chi connectivity index (χ3v) is 6.35. The van der Waals surface area contributed by atoms with E-state index in [-0.39, 0.29) is 15.0 Å². The summed E-state index contributed by atoms with van der Waals surface area (Å²) in [7, 11) is 6.62. The first-order valence-electron chi connectivity index (χ1n) is 7.17. The van der Waals surface area contributed by atoms with Gasteiger partial charge >= 0.3 is 144 Å². The molecule has 0 radical (unpaired) electrons. The van der Waals surface area contributed by atoms with Crippen LogP contribution in [-0.2, 0) is 0 Å². The molecule has 0 N–H and O–H groups in total. The Morgan fingerprint density at radius 1 is 0.565 bits per heavy atom. The van der Waals surface area contributed by atoms with E-state index >= 15 is 0 Å². The Labute approximate surface area is 143 Å². The van der Waals surface area contributed by atoms with E-state index < -0.39 is 0 Å². The number of aryl methyl sites for hydroxylation is 2.